The minimum absolute atomic E-state index is 0.154. The quantitative estimate of drug-likeness (QED) is 0.741. The molecule has 0 aliphatic rings. The van der Waals surface area contributed by atoms with Crippen molar-refractivity contribution in [1.29, 1.82) is 0 Å². The third kappa shape index (κ3) is 2.50. The highest BCUT2D eigenvalue weighted by Crippen LogP contribution is 2.30. The van der Waals surface area contributed by atoms with Gasteiger partial charge in [-0.1, -0.05) is 0 Å². The molecule has 0 aliphatic heterocycles. The minimum Gasteiger partial charge on any atom is -0.383 e. The SMILES string of the molecule is Cc1ncccc1-n1c(=O)nc(N)c2ccc(C(F)(F)F)nc21. The van der Waals surface area contributed by atoms with Crippen LogP contribution in [0.5, 0.6) is 0 Å². The lowest BCUT2D eigenvalue weighted by atomic mass is 10.2. The van der Waals surface area contributed by atoms with E-state index in [9.17, 15) is 18.0 Å². The lowest BCUT2D eigenvalue weighted by molar-refractivity contribution is -0.141. The van der Waals surface area contributed by atoms with Gasteiger partial charge in [-0.25, -0.2) is 14.3 Å². The van der Waals surface area contributed by atoms with Crippen molar-refractivity contribution in [3.05, 3.63) is 52.3 Å². The molecule has 3 heterocycles. The van der Waals surface area contributed by atoms with Gasteiger partial charge in [0.15, 0.2) is 5.65 Å². The number of rotatable bonds is 1. The molecule has 118 valence electrons. The predicted octanol–water partition coefficient (Wildman–Crippen LogP) is 2.09. The molecule has 0 spiro atoms. The molecule has 0 aliphatic carbocycles. The molecule has 3 aromatic rings. The highest BCUT2D eigenvalue weighted by atomic mass is 19.4. The molecule has 0 radical (unpaired) electrons. The normalized spacial score (nSPS) is 11.8. The molecule has 9 heteroatoms. The molecule has 0 unspecified atom stereocenters. The van der Waals surface area contributed by atoms with Crippen LogP contribution in [0.4, 0.5) is 19.0 Å². The third-order valence-corrected chi connectivity index (χ3v) is 3.28. The van der Waals surface area contributed by atoms with E-state index in [-0.39, 0.29) is 16.9 Å². The lowest BCUT2D eigenvalue weighted by Crippen LogP contribution is -2.25. The smallest absolute Gasteiger partial charge is 0.383 e. The number of halogens is 3. The van der Waals surface area contributed by atoms with Crippen LogP contribution in [-0.4, -0.2) is 19.5 Å². The van der Waals surface area contributed by atoms with Crippen molar-refractivity contribution in [1.82, 2.24) is 19.5 Å². The second kappa shape index (κ2) is 5.04. The standard InChI is InChI=1S/C14H10F3N5O/c1-7-9(3-2-6-19-7)22-12-8(11(18)21-13(22)23)4-5-10(20-12)14(15,16)17/h2-6H,1H3,(H2,18,21,23). The predicted molar refractivity (Wildman–Crippen MR) is 77.1 cm³/mol. The molecular formula is C14H10F3N5O. The number of nitrogens with zero attached hydrogens (tertiary/aromatic N) is 4. The highest BCUT2D eigenvalue weighted by Gasteiger charge is 2.33. The number of hydrogen-bond acceptors (Lipinski definition) is 5. The Labute approximate surface area is 127 Å². The molecule has 0 atom stereocenters. The number of fused-ring (bicyclic) bond motifs is 1. The molecule has 0 saturated carbocycles. The average Bonchev–Trinajstić information content (AvgIpc) is 2.47. The van der Waals surface area contributed by atoms with Crippen LogP contribution in [0.1, 0.15) is 11.4 Å². The van der Waals surface area contributed by atoms with Gasteiger partial charge in [0.1, 0.15) is 11.5 Å². The Balaban J connectivity index is 2.46. The molecule has 2 N–H and O–H groups in total. The summed E-state index contributed by atoms with van der Waals surface area (Å²) in [6, 6.07) is 5.05. The number of nitrogen functional groups attached to an aromatic ring is 1. The summed E-state index contributed by atoms with van der Waals surface area (Å²) in [4.78, 5) is 23.4. The summed E-state index contributed by atoms with van der Waals surface area (Å²) in [7, 11) is 0. The summed E-state index contributed by atoms with van der Waals surface area (Å²) in [5.41, 5.74) is 4.22. The Bertz CT molecular complexity index is 965. The number of hydrogen-bond donors (Lipinski definition) is 1. The minimum atomic E-state index is -4.64. The van der Waals surface area contributed by atoms with E-state index in [1.165, 1.54) is 6.20 Å². The van der Waals surface area contributed by atoms with Gasteiger partial charge in [0, 0.05) is 6.20 Å². The van der Waals surface area contributed by atoms with Crippen LogP contribution < -0.4 is 11.4 Å². The summed E-state index contributed by atoms with van der Waals surface area (Å²) in [6.45, 7) is 1.62. The number of pyridine rings is 2. The van der Waals surface area contributed by atoms with Gasteiger partial charge in [0.25, 0.3) is 0 Å². The van der Waals surface area contributed by atoms with Gasteiger partial charge in [-0.3, -0.25) is 4.98 Å². The first-order chi connectivity index (χ1) is 10.8. The maximum absolute atomic E-state index is 12.9. The third-order valence-electron chi connectivity index (χ3n) is 3.28. The Morgan fingerprint density at radius 1 is 1.17 bits per heavy atom. The zero-order chi connectivity index (χ0) is 16.8. The molecule has 0 fully saturated rings. The largest absolute Gasteiger partial charge is 0.433 e. The second-order valence-electron chi connectivity index (χ2n) is 4.79. The van der Waals surface area contributed by atoms with Crippen molar-refractivity contribution in [3.8, 4) is 5.69 Å². The first kappa shape index (κ1) is 14.9. The van der Waals surface area contributed by atoms with E-state index < -0.39 is 17.6 Å². The first-order valence-electron chi connectivity index (χ1n) is 6.47. The van der Waals surface area contributed by atoms with Gasteiger partial charge >= 0.3 is 11.9 Å². The highest BCUT2D eigenvalue weighted by molar-refractivity contribution is 5.86. The number of aromatic nitrogens is 4. The van der Waals surface area contributed by atoms with E-state index in [0.29, 0.717) is 11.4 Å². The fourth-order valence-electron chi connectivity index (χ4n) is 2.21. The molecule has 0 aromatic carbocycles. The van der Waals surface area contributed by atoms with E-state index in [4.69, 9.17) is 5.73 Å². The van der Waals surface area contributed by atoms with Crippen LogP contribution in [-0.2, 0) is 6.18 Å². The van der Waals surface area contributed by atoms with E-state index in [1.807, 2.05) is 0 Å². The van der Waals surface area contributed by atoms with E-state index >= 15 is 0 Å². The summed E-state index contributed by atoms with van der Waals surface area (Å²) in [6.07, 6.45) is -3.14. The fraction of sp³-hybridized carbons (Fsp3) is 0.143. The maximum Gasteiger partial charge on any atom is 0.433 e. The first-order valence-corrected chi connectivity index (χ1v) is 6.47. The average molecular weight is 321 g/mol. The van der Waals surface area contributed by atoms with Crippen LogP contribution in [0.25, 0.3) is 16.7 Å². The number of aryl methyl sites for hydroxylation is 1. The number of alkyl halides is 3. The lowest BCUT2D eigenvalue weighted by Gasteiger charge is -2.13. The van der Waals surface area contributed by atoms with Crippen LogP contribution in [0.15, 0.2) is 35.3 Å². The van der Waals surface area contributed by atoms with E-state index in [2.05, 4.69) is 15.0 Å². The van der Waals surface area contributed by atoms with Gasteiger partial charge in [0.2, 0.25) is 0 Å². The molecule has 3 rings (SSSR count). The maximum atomic E-state index is 12.9. The summed E-state index contributed by atoms with van der Waals surface area (Å²) >= 11 is 0. The van der Waals surface area contributed by atoms with Crippen molar-refractivity contribution in [2.24, 2.45) is 0 Å². The van der Waals surface area contributed by atoms with Gasteiger partial charge in [-0.15, -0.1) is 0 Å². The van der Waals surface area contributed by atoms with Crippen LogP contribution in [0, 0.1) is 6.92 Å². The van der Waals surface area contributed by atoms with Gasteiger partial charge in [-0.2, -0.15) is 18.2 Å². The number of anilines is 1. The topological polar surface area (TPSA) is 86.7 Å². The molecule has 3 aromatic heterocycles. The molecule has 0 saturated heterocycles. The summed E-state index contributed by atoms with van der Waals surface area (Å²) in [5, 5.41) is 0.154. The van der Waals surface area contributed by atoms with Crippen molar-refractivity contribution in [3.63, 3.8) is 0 Å². The summed E-state index contributed by atoms with van der Waals surface area (Å²) in [5.74, 6) is -0.177. The van der Waals surface area contributed by atoms with Crippen molar-refractivity contribution in [2.75, 3.05) is 5.73 Å². The monoisotopic (exact) mass is 321 g/mol. The van der Waals surface area contributed by atoms with E-state index in [1.54, 1.807) is 19.1 Å². The second-order valence-corrected chi connectivity index (χ2v) is 4.79. The zero-order valence-electron chi connectivity index (χ0n) is 11.8. The molecular weight excluding hydrogens is 311 g/mol. The Hall–Kier alpha value is -2.97. The molecule has 0 amide bonds. The van der Waals surface area contributed by atoms with Crippen LogP contribution in [0.2, 0.25) is 0 Å². The Morgan fingerprint density at radius 3 is 2.57 bits per heavy atom. The van der Waals surface area contributed by atoms with Gasteiger partial charge < -0.3 is 5.73 Å². The zero-order valence-corrected chi connectivity index (χ0v) is 11.8. The summed E-state index contributed by atoms with van der Waals surface area (Å²) < 4.78 is 39.7. The van der Waals surface area contributed by atoms with Crippen LogP contribution in [0.3, 0.4) is 0 Å². The molecule has 23 heavy (non-hydrogen) atoms. The Kier molecular flexibility index (Phi) is 3.28. The van der Waals surface area contributed by atoms with Gasteiger partial charge in [-0.05, 0) is 31.2 Å². The van der Waals surface area contributed by atoms with Crippen molar-refractivity contribution >= 4 is 16.9 Å². The number of nitrogens with two attached hydrogens (primary N) is 1. The Morgan fingerprint density at radius 2 is 1.91 bits per heavy atom. The van der Waals surface area contributed by atoms with Crippen molar-refractivity contribution in [2.45, 2.75) is 13.1 Å². The molecule has 6 nitrogen and oxygen atoms in total. The van der Waals surface area contributed by atoms with Gasteiger partial charge in [0.05, 0.1) is 16.8 Å². The van der Waals surface area contributed by atoms with E-state index in [0.717, 1.165) is 16.7 Å². The van der Waals surface area contributed by atoms with Crippen LogP contribution >= 0.6 is 0 Å². The molecule has 0 bridgehead atoms. The fourth-order valence-corrected chi connectivity index (χ4v) is 2.21. The van der Waals surface area contributed by atoms with Crippen molar-refractivity contribution < 1.29 is 13.2 Å².